The lowest BCUT2D eigenvalue weighted by atomic mass is 9.98. The van der Waals surface area contributed by atoms with Gasteiger partial charge in [0.05, 0.1) is 10.5 Å². The Hall–Kier alpha value is -2.91. The number of aromatic nitrogens is 3. The minimum Gasteiger partial charge on any atom is -0.473 e. The average Bonchev–Trinajstić information content (AvgIpc) is 3.51. The van der Waals surface area contributed by atoms with Crippen molar-refractivity contribution in [2.75, 3.05) is 0 Å². The Morgan fingerprint density at radius 3 is 2.59 bits per heavy atom. The molecule has 0 radical (unpaired) electrons. The van der Waals surface area contributed by atoms with Crippen LogP contribution >= 0.6 is 11.6 Å². The van der Waals surface area contributed by atoms with Crippen molar-refractivity contribution in [1.29, 1.82) is 0 Å². The molecule has 1 aromatic carbocycles. The lowest BCUT2D eigenvalue weighted by molar-refractivity contribution is 0.0981. The van der Waals surface area contributed by atoms with Gasteiger partial charge in [0, 0.05) is 12.3 Å². The van der Waals surface area contributed by atoms with E-state index in [1.54, 1.807) is 36.5 Å². The van der Waals surface area contributed by atoms with Gasteiger partial charge >= 0.3 is 0 Å². The van der Waals surface area contributed by atoms with E-state index < -0.39 is 15.9 Å². The standard InChI is InChI=1S/C22H21ClN4O4S/c23-21-17(22(28)26-32(29,30)16-4-2-1-3-5-16)8-9-19(24-21)27-11-10-20(25-27)31-18-13-14-6-7-15(18)12-14/h1-5,8-11,14-15,18H,6-7,12-13H2,(H,26,28)/t14-,15+,18-/m0/s1. The number of fused-ring (bicyclic) bond motifs is 2. The smallest absolute Gasteiger partial charge is 0.268 e. The fourth-order valence-corrected chi connectivity index (χ4v) is 5.76. The van der Waals surface area contributed by atoms with Crippen molar-refractivity contribution in [3.8, 4) is 11.7 Å². The van der Waals surface area contributed by atoms with E-state index in [2.05, 4.69) is 10.1 Å². The minimum atomic E-state index is -4.02. The SMILES string of the molecule is O=C(NS(=O)(=O)c1ccccc1)c1ccc(-n2ccc(O[C@H]3C[C@H]4CC[C@@H]3C4)n2)nc1Cl. The number of nitrogens with one attached hydrogen (secondary N) is 1. The number of halogens is 1. The van der Waals surface area contributed by atoms with E-state index in [0.717, 1.165) is 12.3 Å². The molecular weight excluding hydrogens is 452 g/mol. The highest BCUT2D eigenvalue weighted by molar-refractivity contribution is 7.90. The number of ether oxygens (including phenoxy) is 1. The Labute approximate surface area is 190 Å². The molecule has 5 rings (SSSR count). The maximum absolute atomic E-state index is 12.5. The third kappa shape index (κ3) is 4.10. The molecule has 2 aliphatic carbocycles. The molecule has 3 atom stereocenters. The minimum absolute atomic E-state index is 0.0198. The fraction of sp³-hybridized carbons (Fsp3) is 0.318. The quantitative estimate of drug-likeness (QED) is 0.550. The van der Waals surface area contributed by atoms with E-state index in [1.165, 1.54) is 42.1 Å². The summed E-state index contributed by atoms with van der Waals surface area (Å²) in [6.45, 7) is 0. The fourth-order valence-electron chi connectivity index (χ4n) is 4.54. The molecule has 2 heterocycles. The van der Waals surface area contributed by atoms with E-state index in [0.29, 0.717) is 17.6 Å². The van der Waals surface area contributed by atoms with Crippen LogP contribution in [0, 0.1) is 11.8 Å². The highest BCUT2D eigenvalue weighted by Gasteiger charge is 2.41. The van der Waals surface area contributed by atoms with Gasteiger partial charge in [-0.05, 0) is 61.8 Å². The van der Waals surface area contributed by atoms with Crippen molar-refractivity contribution >= 4 is 27.5 Å². The van der Waals surface area contributed by atoms with Crippen molar-refractivity contribution in [3.05, 3.63) is 65.4 Å². The highest BCUT2D eigenvalue weighted by Crippen LogP contribution is 2.45. The molecule has 10 heteroatoms. The molecule has 1 amide bonds. The maximum Gasteiger partial charge on any atom is 0.268 e. The molecule has 8 nitrogen and oxygen atoms in total. The van der Waals surface area contributed by atoms with Crippen LogP contribution in [0.2, 0.25) is 5.15 Å². The number of rotatable bonds is 6. The van der Waals surface area contributed by atoms with Crippen LogP contribution in [-0.4, -0.2) is 35.2 Å². The molecule has 0 saturated heterocycles. The summed E-state index contributed by atoms with van der Waals surface area (Å²) >= 11 is 6.20. The molecule has 2 aromatic heterocycles. The van der Waals surface area contributed by atoms with E-state index in [4.69, 9.17) is 16.3 Å². The zero-order valence-electron chi connectivity index (χ0n) is 17.0. The first-order chi connectivity index (χ1) is 15.4. The molecule has 3 aromatic rings. The summed E-state index contributed by atoms with van der Waals surface area (Å²) in [6, 6.07) is 12.4. The van der Waals surface area contributed by atoms with E-state index in [1.807, 2.05) is 4.72 Å². The van der Waals surface area contributed by atoms with Crippen LogP contribution < -0.4 is 9.46 Å². The van der Waals surface area contributed by atoms with Crippen molar-refractivity contribution in [1.82, 2.24) is 19.5 Å². The number of pyridine rings is 1. The van der Waals surface area contributed by atoms with Crippen LogP contribution in [0.3, 0.4) is 0 Å². The molecule has 32 heavy (non-hydrogen) atoms. The average molecular weight is 473 g/mol. The Bertz CT molecular complexity index is 1260. The summed E-state index contributed by atoms with van der Waals surface area (Å²) in [5, 5.41) is 4.29. The predicted molar refractivity (Wildman–Crippen MR) is 117 cm³/mol. The van der Waals surface area contributed by atoms with Crippen molar-refractivity contribution in [2.45, 2.75) is 36.7 Å². The molecule has 0 unspecified atom stereocenters. The van der Waals surface area contributed by atoms with Gasteiger partial charge in [0.15, 0.2) is 5.82 Å². The molecular formula is C22H21ClN4O4S. The number of sulfonamides is 1. The van der Waals surface area contributed by atoms with Crippen LogP contribution in [0.25, 0.3) is 5.82 Å². The number of nitrogens with zero attached hydrogens (tertiary/aromatic N) is 3. The second kappa shape index (κ2) is 8.22. The molecule has 2 bridgehead atoms. The van der Waals surface area contributed by atoms with Crippen LogP contribution in [0.15, 0.2) is 59.6 Å². The van der Waals surface area contributed by atoms with Crippen LogP contribution in [0.4, 0.5) is 0 Å². The molecule has 2 fully saturated rings. The first kappa shape index (κ1) is 21.0. The largest absolute Gasteiger partial charge is 0.473 e. The van der Waals surface area contributed by atoms with Gasteiger partial charge in [-0.15, -0.1) is 5.10 Å². The van der Waals surface area contributed by atoms with Gasteiger partial charge in [0.2, 0.25) is 5.88 Å². The number of amides is 1. The van der Waals surface area contributed by atoms with Crippen molar-refractivity contribution in [3.63, 3.8) is 0 Å². The Kier molecular flexibility index (Phi) is 5.38. The Morgan fingerprint density at radius 1 is 1.09 bits per heavy atom. The first-order valence-electron chi connectivity index (χ1n) is 10.4. The van der Waals surface area contributed by atoms with Crippen molar-refractivity contribution < 1.29 is 17.9 Å². The number of benzene rings is 1. The number of hydrogen-bond acceptors (Lipinski definition) is 6. The van der Waals surface area contributed by atoms with Gasteiger partial charge in [-0.25, -0.2) is 22.8 Å². The van der Waals surface area contributed by atoms with E-state index >= 15 is 0 Å². The zero-order valence-corrected chi connectivity index (χ0v) is 18.6. The summed E-state index contributed by atoms with van der Waals surface area (Å²) in [5.41, 5.74) is -0.0551. The molecule has 0 spiro atoms. The summed E-state index contributed by atoms with van der Waals surface area (Å²) < 4.78 is 34.4. The second-order valence-corrected chi connectivity index (χ2v) is 10.2. The van der Waals surface area contributed by atoms with Crippen LogP contribution in [0.5, 0.6) is 5.88 Å². The monoisotopic (exact) mass is 472 g/mol. The third-order valence-electron chi connectivity index (χ3n) is 6.10. The molecule has 2 aliphatic rings. The number of hydrogen-bond donors (Lipinski definition) is 1. The summed E-state index contributed by atoms with van der Waals surface area (Å²) in [7, 11) is -4.02. The van der Waals surface area contributed by atoms with Gasteiger partial charge in [-0.2, -0.15) is 0 Å². The third-order valence-corrected chi connectivity index (χ3v) is 7.74. The first-order valence-corrected chi connectivity index (χ1v) is 12.3. The number of carbonyl (C=O) groups is 1. The van der Waals surface area contributed by atoms with Gasteiger partial charge in [0.1, 0.15) is 11.3 Å². The van der Waals surface area contributed by atoms with Gasteiger partial charge in [-0.3, -0.25) is 4.79 Å². The van der Waals surface area contributed by atoms with Crippen LogP contribution in [-0.2, 0) is 10.0 Å². The zero-order chi connectivity index (χ0) is 22.3. The Balaban J connectivity index is 1.29. The van der Waals surface area contributed by atoms with Gasteiger partial charge < -0.3 is 4.74 Å². The topological polar surface area (TPSA) is 103 Å². The second-order valence-electron chi connectivity index (χ2n) is 8.19. The summed E-state index contributed by atoms with van der Waals surface area (Å²) in [4.78, 5) is 16.7. The highest BCUT2D eigenvalue weighted by atomic mass is 35.5. The molecule has 166 valence electrons. The summed E-state index contributed by atoms with van der Waals surface area (Å²) in [6.07, 6.45) is 6.76. The molecule has 2 saturated carbocycles. The van der Waals surface area contributed by atoms with E-state index in [-0.39, 0.29) is 21.7 Å². The van der Waals surface area contributed by atoms with Crippen molar-refractivity contribution in [2.24, 2.45) is 11.8 Å². The predicted octanol–water partition coefficient (Wildman–Crippen LogP) is 3.61. The lowest BCUT2D eigenvalue weighted by Crippen LogP contribution is -2.31. The van der Waals surface area contributed by atoms with Gasteiger partial charge in [0.25, 0.3) is 15.9 Å². The van der Waals surface area contributed by atoms with Crippen LogP contribution in [0.1, 0.15) is 36.0 Å². The Morgan fingerprint density at radius 2 is 1.91 bits per heavy atom. The normalized spacial score (nSPS) is 22.1. The van der Waals surface area contributed by atoms with E-state index in [9.17, 15) is 13.2 Å². The lowest BCUT2D eigenvalue weighted by Gasteiger charge is -2.21. The van der Waals surface area contributed by atoms with Gasteiger partial charge in [-0.1, -0.05) is 29.8 Å². The number of carbonyl (C=O) groups excluding carboxylic acids is 1. The summed E-state index contributed by atoms with van der Waals surface area (Å²) in [5.74, 6) is 1.44. The maximum atomic E-state index is 12.5. The molecule has 0 aliphatic heterocycles. The molecule has 1 N–H and O–H groups in total.